The summed E-state index contributed by atoms with van der Waals surface area (Å²) in [6.45, 7) is 4.45. The van der Waals surface area contributed by atoms with Crippen LogP contribution in [0.1, 0.15) is 108 Å². The molecule has 0 amide bonds. The predicted octanol–water partition coefficient (Wildman–Crippen LogP) is 9.65. The molecule has 1 aromatic heterocycles. The maximum atomic E-state index is 3.61. The Morgan fingerprint density at radius 1 is 0.567 bits per heavy atom. The lowest BCUT2D eigenvalue weighted by Gasteiger charge is -2.04. The van der Waals surface area contributed by atoms with Crippen molar-refractivity contribution in [2.75, 3.05) is 0 Å². The Balaban J connectivity index is 1.25. The molecule has 1 nitrogen and oxygen atoms in total. The summed E-state index contributed by atoms with van der Waals surface area (Å²) in [5, 5.41) is 2.70. The Morgan fingerprint density at radius 2 is 1.07 bits per heavy atom. The Bertz CT molecular complexity index is 873. The Labute approximate surface area is 184 Å². The van der Waals surface area contributed by atoms with Gasteiger partial charge in [-0.3, -0.25) is 0 Å². The number of nitrogens with one attached hydrogen (secondary N) is 1. The van der Waals surface area contributed by atoms with E-state index in [1.165, 1.54) is 129 Å². The molecule has 0 atom stereocenters. The van der Waals surface area contributed by atoms with E-state index in [-0.39, 0.29) is 0 Å². The summed E-state index contributed by atoms with van der Waals surface area (Å²) < 4.78 is 0. The van der Waals surface area contributed by atoms with E-state index in [2.05, 4.69) is 55.2 Å². The topological polar surface area (TPSA) is 15.8 Å². The molecule has 0 spiro atoms. The summed E-state index contributed by atoms with van der Waals surface area (Å²) in [6, 6.07) is 13.7. The fourth-order valence-electron chi connectivity index (χ4n) is 4.75. The summed E-state index contributed by atoms with van der Waals surface area (Å²) in [6.07, 6.45) is 21.2. The van der Waals surface area contributed by atoms with E-state index in [0.717, 1.165) is 0 Å². The predicted molar refractivity (Wildman–Crippen MR) is 135 cm³/mol. The highest BCUT2D eigenvalue weighted by Crippen LogP contribution is 2.27. The van der Waals surface area contributed by atoms with Gasteiger partial charge in [-0.1, -0.05) is 115 Å². The number of aromatic amines is 1. The van der Waals surface area contributed by atoms with E-state index in [4.69, 9.17) is 0 Å². The SMILES string of the molecule is CCCCCCCCCCCCCCCCc1ccc2c(c1)[nH]c1cc(C)ccc12. The Morgan fingerprint density at radius 3 is 1.67 bits per heavy atom. The first-order valence-corrected chi connectivity index (χ1v) is 12.8. The highest BCUT2D eigenvalue weighted by atomic mass is 14.7. The third-order valence-corrected chi connectivity index (χ3v) is 6.64. The molecule has 3 aromatic rings. The van der Waals surface area contributed by atoms with Crippen LogP contribution in [-0.4, -0.2) is 4.98 Å². The van der Waals surface area contributed by atoms with Crippen molar-refractivity contribution in [1.82, 2.24) is 4.98 Å². The average molecular weight is 406 g/mol. The van der Waals surface area contributed by atoms with Crippen LogP contribution in [0.3, 0.4) is 0 Å². The zero-order valence-corrected chi connectivity index (χ0v) is 19.6. The van der Waals surface area contributed by atoms with Crippen LogP contribution in [-0.2, 0) is 6.42 Å². The summed E-state index contributed by atoms with van der Waals surface area (Å²) in [5.41, 5.74) is 5.35. The monoisotopic (exact) mass is 405 g/mol. The van der Waals surface area contributed by atoms with Crippen LogP contribution in [0.25, 0.3) is 21.8 Å². The smallest absolute Gasteiger partial charge is 0.0467 e. The van der Waals surface area contributed by atoms with Gasteiger partial charge < -0.3 is 4.98 Å². The molecule has 3 rings (SSSR count). The van der Waals surface area contributed by atoms with Crippen LogP contribution >= 0.6 is 0 Å². The van der Waals surface area contributed by atoms with Gasteiger partial charge in [-0.2, -0.15) is 0 Å². The van der Waals surface area contributed by atoms with Gasteiger partial charge in [0.05, 0.1) is 0 Å². The molecule has 0 unspecified atom stereocenters. The molecule has 0 bridgehead atoms. The van der Waals surface area contributed by atoms with Crippen LogP contribution in [0, 0.1) is 6.92 Å². The average Bonchev–Trinajstić information content (AvgIpc) is 3.10. The van der Waals surface area contributed by atoms with E-state index < -0.39 is 0 Å². The quantitative estimate of drug-likeness (QED) is 0.242. The molecular formula is C29H43N. The fraction of sp³-hybridized carbons (Fsp3) is 0.586. The first-order valence-electron chi connectivity index (χ1n) is 12.8. The first-order chi connectivity index (χ1) is 14.8. The number of H-pyrrole nitrogens is 1. The molecule has 1 heterocycles. The van der Waals surface area contributed by atoms with Gasteiger partial charge in [0.1, 0.15) is 0 Å². The number of benzene rings is 2. The zero-order chi connectivity index (χ0) is 21.0. The molecule has 0 fully saturated rings. The number of aryl methyl sites for hydroxylation is 2. The van der Waals surface area contributed by atoms with Gasteiger partial charge in [0.25, 0.3) is 0 Å². The third kappa shape index (κ3) is 7.18. The van der Waals surface area contributed by atoms with Crippen molar-refractivity contribution in [2.24, 2.45) is 0 Å². The standard InChI is InChI=1S/C29H43N/c1-3-4-5-6-7-8-9-10-11-12-13-14-15-16-17-25-19-21-27-26-20-18-24(2)22-28(26)30-29(27)23-25/h18-23,30H,3-17H2,1-2H3. The molecule has 0 saturated heterocycles. The first kappa shape index (κ1) is 22.9. The van der Waals surface area contributed by atoms with Gasteiger partial charge in [0, 0.05) is 21.8 Å². The van der Waals surface area contributed by atoms with Crippen molar-refractivity contribution in [1.29, 1.82) is 0 Å². The van der Waals surface area contributed by atoms with E-state index in [1.807, 2.05) is 0 Å². The molecule has 30 heavy (non-hydrogen) atoms. The fourth-order valence-corrected chi connectivity index (χ4v) is 4.75. The highest BCUT2D eigenvalue weighted by molar-refractivity contribution is 6.07. The Hall–Kier alpha value is -1.76. The molecular weight excluding hydrogens is 362 g/mol. The lowest BCUT2D eigenvalue weighted by atomic mass is 10.0. The lowest BCUT2D eigenvalue weighted by Crippen LogP contribution is -1.87. The van der Waals surface area contributed by atoms with Crippen molar-refractivity contribution < 1.29 is 0 Å². The van der Waals surface area contributed by atoms with Gasteiger partial charge in [-0.05, 0) is 43.0 Å². The number of hydrogen-bond donors (Lipinski definition) is 1. The molecule has 0 saturated carbocycles. The van der Waals surface area contributed by atoms with Crippen molar-refractivity contribution in [3.05, 3.63) is 47.5 Å². The third-order valence-electron chi connectivity index (χ3n) is 6.64. The van der Waals surface area contributed by atoms with Crippen LogP contribution in [0.2, 0.25) is 0 Å². The molecule has 0 radical (unpaired) electrons. The van der Waals surface area contributed by atoms with Crippen molar-refractivity contribution in [2.45, 2.75) is 110 Å². The van der Waals surface area contributed by atoms with Crippen LogP contribution in [0.4, 0.5) is 0 Å². The number of hydrogen-bond acceptors (Lipinski definition) is 0. The maximum absolute atomic E-state index is 3.61. The minimum absolute atomic E-state index is 1.21. The number of rotatable bonds is 15. The van der Waals surface area contributed by atoms with Gasteiger partial charge in [-0.25, -0.2) is 0 Å². The van der Waals surface area contributed by atoms with Gasteiger partial charge in [-0.15, -0.1) is 0 Å². The second-order valence-electron chi connectivity index (χ2n) is 9.40. The van der Waals surface area contributed by atoms with Crippen LogP contribution in [0.5, 0.6) is 0 Å². The van der Waals surface area contributed by atoms with E-state index in [9.17, 15) is 0 Å². The molecule has 2 aromatic carbocycles. The van der Waals surface area contributed by atoms with Crippen molar-refractivity contribution in [3.63, 3.8) is 0 Å². The minimum atomic E-state index is 1.21. The van der Waals surface area contributed by atoms with E-state index in [0.29, 0.717) is 0 Å². The Kier molecular flexibility index (Phi) is 9.80. The molecule has 1 N–H and O–H groups in total. The molecule has 0 aliphatic rings. The van der Waals surface area contributed by atoms with Crippen LogP contribution < -0.4 is 0 Å². The number of fused-ring (bicyclic) bond motifs is 3. The van der Waals surface area contributed by atoms with E-state index >= 15 is 0 Å². The second kappa shape index (κ2) is 12.8. The van der Waals surface area contributed by atoms with Crippen LogP contribution in [0.15, 0.2) is 36.4 Å². The van der Waals surface area contributed by atoms with Gasteiger partial charge in [0.2, 0.25) is 0 Å². The van der Waals surface area contributed by atoms with Crippen molar-refractivity contribution >= 4 is 21.8 Å². The van der Waals surface area contributed by atoms with Gasteiger partial charge >= 0.3 is 0 Å². The molecule has 0 aliphatic carbocycles. The lowest BCUT2D eigenvalue weighted by molar-refractivity contribution is 0.535. The highest BCUT2D eigenvalue weighted by Gasteiger charge is 2.05. The summed E-state index contributed by atoms with van der Waals surface area (Å²) >= 11 is 0. The maximum Gasteiger partial charge on any atom is 0.0467 e. The van der Waals surface area contributed by atoms with Crippen molar-refractivity contribution in [3.8, 4) is 0 Å². The van der Waals surface area contributed by atoms with Gasteiger partial charge in [0.15, 0.2) is 0 Å². The zero-order valence-electron chi connectivity index (χ0n) is 19.6. The summed E-state index contributed by atoms with van der Waals surface area (Å²) in [4.78, 5) is 3.61. The molecule has 0 aliphatic heterocycles. The number of aromatic nitrogens is 1. The molecule has 1 heteroatoms. The number of unbranched alkanes of at least 4 members (excludes halogenated alkanes) is 13. The second-order valence-corrected chi connectivity index (χ2v) is 9.40. The normalized spacial score (nSPS) is 11.7. The summed E-state index contributed by atoms with van der Waals surface area (Å²) in [7, 11) is 0. The minimum Gasteiger partial charge on any atom is -0.354 e. The molecule has 164 valence electrons. The largest absolute Gasteiger partial charge is 0.354 e. The van der Waals surface area contributed by atoms with E-state index in [1.54, 1.807) is 0 Å². The summed E-state index contributed by atoms with van der Waals surface area (Å²) in [5.74, 6) is 0.